The van der Waals surface area contributed by atoms with Gasteiger partial charge < -0.3 is 10.6 Å². The van der Waals surface area contributed by atoms with Crippen LogP contribution in [-0.2, 0) is 0 Å². The summed E-state index contributed by atoms with van der Waals surface area (Å²) in [5, 5.41) is 6.39. The summed E-state index contributed by atoms with van der Waals surface area (Å²) in [6.07, 6.45) is 1.61. The van der Waals surface area contributed by atoms with Gasteiger partial charge in [-0.1, -0.05) is 23.7 Å². The minimum atomic E-state index is -0.273. The first kappa shape index (κ1) is 17.0. The molecule has 0 aliphatic heterocycles. The average Bonchev–Trinajstić information content (AvgIpc) is 2.48. The van der Waals surface area contributed by atoms with Crippen molar-refractivity contribution in [2.75, 3.05) is 11.9 Å². The summed E-state index contributed by atoms with van der Waals surface area (Å²) in [6.45, 7) is 9.69. The predicted octanol–water partition coefficient (Wildman–Crippen LogP) is 3.71. The summed E-state index contributed by atoms with van der Waals surface area (Å²) in [4.78, 5) is 20.6. The first-order chi connectivity index (χ1) is 10.9. The molecule has 120 valence electrons. The molecule has 0 unspecified atom stereocenters. The number of carbonyl (C=O) groups is 1. The van der Waals surface area contributed by atoms with E-state index >= 15 is 0 Å². The molecule has 0 bridgehead atoms. The molecule has 2 rings (SSSR count). The third-order valence-corrected chi connectivity index (χ3v) is 3.46. The number of nitrogens with one attached hydrogen (secondary N) is 2. The van der Waals surface area contributed by atoms with Crippen LogP contribution in [0, 0.1) is 20.8 Å². The number of aryl methyl sites for hydroxylation is 3. The molecular formula is C17H19ClN4O. The topological polar surface area (TPSA) is 66.9 Å². The van der Waals surface area contributed by atoms with Gasteiger partial charge >= 0.3 is 0 Å². The van der Waals surface area contributed by atoms with Gasteiger partial charge in [0.15, 0.2) is 0 Å². The van der Waals surface area contributed by atoms with Crippen molar-refractivity contribution in [3.63, 3.8) is 0 Å². The highest BCUT2D eigenvalue weighted by Crippen LogP contribution is 2.29. The van der Waals surface area contributed by atoms with E-state index in [4.69, 9.17) is 11.6 Å². The molecule has 0 aliphatic carbocycles. The number of rotatable bonds is 5. The van der Waals surface area contributed by atoms with E-state index < -0.39 is 0 Å². The van der Waals surface area contributed by atoms with E-state index in [0.29, 0.717) is 28.9 Å². The molecule has 0 atom stereocenters. The molecular weight excluding hydrogens is 312 g/mol. The Hall–Kier alpha value is -2.40. The second-order valence-corrected chi connectivity index (χ2v) is 5.69. The molecule has 0 aliphatic rings. The third-order valence-electron chi connectivity index (χ3n) is 3.16. The molecule has 5 nitrogen and oxygen atoms in total. The van der Waals surface area contributed by atoms with Crippen LogP contribution in [0.25, 0.3) is 0 Å². The van der Waals surface area contributed by atoms with E-state index in [9.17, 15) is 4.79 Å². The van der Waals surface area contributed by atoms with Crippen molar-refractivity contribution in [1.29, 1.82) is 0 Å². The smallest absolute Gasteiger partial charge is 0.270 e. The van der Waals surface area contributed by atoms with Gasteiger partial charge in [-0.25, -0.2) is 9.97 Å². The molecule has 23 heavy (non-hydrogen) atoms. The lowest BCUT2D eigenvalue weighted by Gasteiger charge is -2.12. The number of halogens is 1. The zero-order valence-electron chi connectivity index (χ0n) is 13.4. The fraction of sp³-hybridized carbons (Fsp3) is 0.235. The lowest BCUT2D eigenvalue weighted by Crippen LogP contribution is -2.24. The molecule has 1 amide bonds. The van der Waals surface area contributed by atoms with Gasteiger partial charge in [-0.15, -0.1) is 6.58 Å². The van der Waals surface area contributed by atoms with Crippen molar-refractivity contribution < 1.29 is 4.79 Å². The highest BCUT2D eigenvalue weighted by Gasteiger charge is 2.12. The van der Waals surface area contributed by atoms with E-state index in [-0.39, 0.29) is 5.91 Å². The van der Waals surface area contributed by atoms with Crippen molar-refractivity contribution in [2.24, 2.45) is 0 Å². The van der Waals surface area contributed by atoms with E-state index in [1.165, 1.54) is 0 Å². The number of hydrogen-bond donors (Lipinski definition) is 2. The summed E-state index contributed by atoms with van der Waals surface area (Å²) in [7, 11) is 0. The Balaban J connectivity index is 2.32. The molecule has 0 saturated heterocycles. The van der Waals surface area contributed by atoms with E-state index in [1.54, 1.807) is 19.1 Å². The van der Waals surface area contributed by atoms with Crippen molar-refractivity contribution in [3.8, 4) is 0 Å². The molecule has 1 aromatic carbocycles. The zero-order valence-corrected chi connectivity index (χ0v) is 14.2. The van der Waals surface area contributed by atoms with E-state index in [2.05, 4.69) is 27.2 Å². The highest BCUT2D eigenvalue weighted by molar-refractivity contribution is 6.33. The summed E-state index contributed by atoms with van der Waals surface area (Å²) < 4.78 is 0. The largest absolute Gasteiger partial charge is 0.347 e. The van der Waals surface area contributed by atoms with Gasteiger partial charge in [0, 0.05) is 12.2 Å². The van der Waals surface area contributed by atoms with Crippen LogP contribution >= 0.6 is 11.6 Å². The van der Waals surface area contributed by atoms with Gasteiger partial charge in [0.2, 0.25) is 5.95 Å². The minimum absolute atomic E-state index is 0.273. The standard InChI is InChI=1S/C17H19ClN4O/c1-5-6-19-16(23)14-9-12(4)20-17(21-14)22-15-11(3)7-10(2)8-13(15)18/h5,7-9H,1,6H2,2-4H3,(H,19,23)(H,20,21,22). The summed E-state index contributed by atoms with van der Waals surface area (Å²) in [5.41, 5.74) is 3.78. The average molecular weight is 331 g/mol. The van der Waals surface area contributed by atoms with Crippen molar-refractivity contribution in [3.05, 3.63) is 58.4 Å². The van der Waals surface area contributed by atoms with Gasteiger partial charge in [0.1, 0.15) is 5.69 Å². The van der Waals surface area contributed by atoms with Crippen LogP contribution in [0.2, 0.25) is 5.02 Å². The molecule has 1 aromatic heterocycles. The number of hydrogen-bond acceptors (Lipinski definition) is 4. The van der Waals surface area contributed by atoms with Crippen LogP contribution in [0.4, 0.5) is 11.6 Å². The maximum atomic E-state index is 12.0. The fourth-order valence-corrected chi connectivity index (χ4v) is 2.55. The quantitative estimate of drug-likeness (QED) is 0.820. The fourth-order valence-electron chi connectivity index (χ4n) is 2.18. The summed E-state index contributed by atoms with van der Waals surface area (Å²) >= 11 is 6.29. The Kier molecular flexibility index (Phi) is 5.34. The van der Waals surface area contributed by atoms with Crippen molar-refractivity contribution in [2.45, 2.75) is 20.8 Å². The highest BCUT2D eigenvalue weighted by atomic mass is 35.5. The molecule has 2 aromatic rings. The number of carbonyl (C=O) groups excluding carboxylic acids is 1. The maximum Gasteiger partial charge on any atom is 0.270 e. The van der Waals surface area contributed by atoms with Crippen LogP contribution in [0.5, 0.6) is 0 Å². The maximum absolute atomic E-state index is 12.0. The zero-order chi connectivity index (χ0) is 17.0. The van der Waals surface area contributed by atoms with Crippen molar-refractivity contribution in [1.82, 2.24) is 15.3 Å². The summed E-state index contributed by atoms with van der Waals surface area (Å²) in [6, 6.07) is 5.51. The first-order valence-electron chi connectivity index (χ1n) is 7.19. The second-order valence-electron chi connectivity index (χ2n) is 5.28. The molecule has 2 N–H and O–H groups in total. The normalized spacial score (nSPS) is 10.3. The first-order valence-corrected chi connectivity index (χ1v) is 7.57. The molecule has 0 saturated carbocycles. The Morgan fingerprint density at radius 2 is 2.00 bits per heavy atom. The molecule has 0 fully saturated rings. The predicted molar refractivity (Wildman–Crippen MR) is 93.5 cm³/mol. The number of amides is 1. The van der Waals surface area contributed by atoms with Crippen LogP contribution in [0.1, 0.15) is 27.3 Å². The lowest BCUT2D eigenvalue weighted by atomic mass is 10.1. The van der Waals surface area contributed by atoms with E-state index in [0.717, 1.165) is 16.8 Å². The molecule has 6 heteroatoms. The number of aromatic nitrogens is 2. The van der Waals surface area contributed by atoms with Crippen LogP contribution in [0.15, 0.2) is 30.9 Å². The molecule has 0 radical (unpaired) electrons. The lowest BCUT2D eigenvalue weighted by molar-refractivity contribution is 0.0953. The van der Waals surface area contributed by atoms with Crippen molar-refractivity contribution >= 4 is 29.1 Å². The monoisotopic (exact) mass is 330 g/mol. The molecule has 0 spiro atoms. The van der Waals surface area contributed by atoms with Crippen LogP contribution < -0.4 is 10.6 Å². The SMILES string of the molecule is C=CCNC(=O)c1cc(C)nc(Nc2c(C)cc(C)cc2Cl)n1. The van der Waals surface area contributed by atoms with Gasteiger partial charge in [-0.2, -0.15) is 0 Å². The molecule has 1 heterocycles. The second kappa shape index (κ2) is 7.24. The Bertz CT molecular complexity index is 735. The van der Waals surface area contributed by atoms with Gasteiger partial charge in [0.05, 0.1) is 10.7 Å². The number of benzene rings is 1. The van der Waals surface area contributed by atoms with Crippen LogP contribution in [-0.4, -0.2) is 22.4 Å². The Morgan fingerprint density at radius 3 is 2.65 bits per heavy atom. The Labute approximate surface area is 140 Å². The van der Waals surface area contributed by atoms with Gasteiger partial charge in [0.25, 0.3) is 5.91 Å². The summed E-state index contributed by atoms with van der Waals surface area (Å²) in [5.74, 6) is 0.0628. The van der Waals surface area contributed by atoms with E-state index in [1.807, 2.05) is 26.0 Å². The Morgan fingerprint density at radius 1 is 1.26 bits per heavy atom. The number of nitrogens with zero attached hydrogens (tertiary/aromatic N) is 2. The number of anilines is 2. The van der Waals surface area contributed by atoms with Gasteiger partial charge in [-0.05, 0) is 44.0 Å². The van der Waals surface area contributed by atoms with Crippen LogP contribution in [0.3, 0.4) is 0 Å². The third kappa shape index (κ3) is 4.29. The van der Waals surface area contributed by atoms with Gasteiger partial charge in [-0.3, -0.25) is 4.79 Å². The minimum Gasteiger partial charge on any atom is -0.347 e.